The summed E-state index contributed by atoms with van der Waals surface area (Å²) in [5.74, 6) is -0.279. The Bertz CT molecular complexity index is 554. The van der Waals surface area contributed by atoms with Crippen molar-refractivity contribution in [2.75, 3.05) is 13.1 Å². The first-order valence-corrected chi connectivity index (χ1v) is 6.38. The van der Waals surface area contributed by atoms with Crippen molar-refractivity contribution >= 4 is 28.9 Å². The minimum Gasteiger partial charge on any atom is -0.313 e. The molecule has 0 aromatic carbocycles. The van der Waals surface area contributed by atoms with Gasteiger partial charge in [-0.05, 0) is 31.5 Å². The van der Waals surface area contributed by atoms with Crippen molar-refractivity contribution in [3.63, 3.8) is 0 Å². The van der Waals surface area contributed by atoms with Gasteiger partial charge in [-0.2, -0.15) is 0 Å². The van der Waals surface area contributed by atoms with Crippen LogP contribution in [0.3, 0.4) is 0 Å². The van der Waals surface area contributed by atoms with Gasteiger partial charge in [0.1, 0.15) is 0 Å². The first-order chi connectivity index (χ1) is 9.08. The highest BCUT2D eigenvalue weighted by Gasteiger charge is 2.14. The lowest BCUT2D eigenvalue weighted by molar-refractivity contribution is 0.0976. The van der Waals surface area contributed by atoms with Crippen LogP contribution in [0.1, 0.15) is 29.4 Å². The van der Waals surface area contributed by atoms with Crippen LogP contribution >= 0.6 is 11.6 Å². The fourth-order valence-corrected chi connectivity index (χ4v) is 2.17. The SMILES string of the molecule is CC(=N)NC(=O)c1cnc(C2=CCNCC2)c(Cl)c1. The Balaban J connectivity index is 2.24. The van der Waals surface area contributed by atoms with Gasteiger partial charge in [0.05, 0.1) is 22.1 Å². The molecule has 0 fully saturated rings. The number of amidine groups is 1. The maximum Gasteiger partial charge on any atom is 0.258 e. The van der Waals surface area contributed by atoms with Gasteiger partial charge in [0.2, 0.25) is 0 Å². The predicted molar refractivity (Wildman–Crippen MR) is 75.6 cm³/mol. The van der Waals surface area contributed by atoms with Gasteiger partial charge in [-0.3, -0.25) is 15.2 Å². The van der Waals surface area contributed by atoms with Crippen LogP contribution in [0.2, 0.25) is 5.02 Å². The number of halogens is 1. The van der Waals surface area contributed by atoms with Crippen LogP contribution < -0.4 is 10.6 Å². The Morgan fingerprint density at radius 2 is 2.37 bits per heavy atom. The van der Waals surface area contributed by atoms with Gasteiger partial charge in [0.15, 0.2) is 0 Å². The molecule has 1 aliphatic heterocycles. The molecule has 1 aliphatic rings. The van der Waals surface area contributed by atoms with E-state index in [2.05, 4.69) is 21.7 Å². The van der Waals surface area contributed by atoms with Crippen LogP contribution in [-0.2, 0) is 0 Å². The average molecular weight is 279 g/mol. The zero-order valence-corrected chi connectivity index (χ0v) is 11.3. The maximum absolute atomic E-state index is 11.7. The highest BCUT2D eigenvalue weighted by atomic mass is 35.5. The molecule has 0 atom stereocenters. The smallest absolute Gasteiger partial charge is 0.258 e. The maximum atomic E-state index is 11.7. The molecular weight excluding hydrogens is 264 g/mol. The lowest BCUT2D eigenvalue weighted by Crippen LogP contribution is -2.27. The van der Waals surface area contributed by atoms with Crippen molar-refractivity contribution in [1.29, 1.82) is 5.41 Å². The molecule has 6 heteroatoms. The second-order valence-electron chi connectivity index (χ2n) is 4.32. The molecular formula is C13H15ClN4O. The van der Waals surface area contributed by atoms with E-state index < -0.39 is 0 Å². The van der Waals surface area contributed by atoms with Gasteiger partial charge in [0, 0.05) is 12.7 Å². The molecule has 0 unspecified atom stereocenters. The standard InChI is InChI=1S/C13H15ClN4O/c1-8(15)18-13(19)10-6-11(14)12(17-7-10)9-2-4-16-5-3-9/h2,6-7,16H,3-5H2,1H3,(H2,15,18,19). The molecule has 1 aromatic heterocycles. The summed E-state index contributed by atoms with van der Waals surface area (Å²) in [5, 5.41) is 13.3. The molecule has 0 spiro atoms. The number of rotatable bonds is 2. The molecule has 2 rings (SSSR count). The number of carbonyl (C=O) groups excluding carboxylic acids is 1. The topological polar surface area (TPSA) is 77.9 Å². The van der Waals surface area contributed by atoms with E-state index in [1.807, 2.05) is 0 Å². The summed E-state index contributed by atoms with van der Waals surface area (Å²) in [6.45, 7) is 3.21. The highest BCUT2D eigenvalue weighted by molar-refractivity contribution is 6.32. The molecule has 2 heterocycles. The van der Waals surface area contributed by atoms with Crippen LogP contribution in [0.25, 0.3) is 5.57 Å². The monoisotopic (exact) mass is 278 g/mol. The summed E-state index contributed by atoms with van der Waals surface area (Å²) in [7, 11) is 0. The summed E-state index contributed by atoms with van der Waals surface area (Å²) >= 11 is 6.19. The van der Waals surface area contributed by atoms with E-state index >= 15 is 0 Å². The summed E-state index contributed by atoms with van der Waals surface area (Å²) in [6.07, 6.45) is 4.42. The Morgan fingerprint density at radius 3 is 2.95 bits per heavy atom. The largest absolute Gasteiger partial charge is 0.313 e. The molecule has 3 N–H and O–H groups in total. The molecule has 0 aliphatic carbocycles. The number of amides is 1. The molecule has 5 nitrogen and oxygen atoms in total. The van der Waals surface area contributed by atoms with E-state index in [4.69, 9.17) is 17.0 Å². The van der Waals surface area contributed by atoms with Crippen LogP contribution in [0.4, 0.5) is 0 Å². The fraction of sp³-hybridized carbons (Fsp3) is 0.308. The van der Waals surface area contributed by atoms with Gasteiger partial charge >= 0.3 is 0 Å². The molecule has 19 heavy (non-hydrogen) atoms. The molecule has 1 amide bonds. The normalized spacial score (nSPS) is 14.7. The molecule has 0 saturated carbocycles. The van der Waals surface area contributed by atoms with Crippen molar-refractivity contribution in [3.8, 4) is 0 Å². The minimum absolute atomic E-state index is 0.0891. The molecule has 0 saturated heterocycles. The van der Waals surface area contributed by atoms with Gasteiger partial charge in [-0.1, -0.05) is 17.7 Å². The summed E-state index contributed by atoms with van der Waals surface area (Å²) in [4.78, 5) is 16.0. The molecule has 1 aromatic rings. The quantitative estimate of drug-likeness (QED) is 0.571. The Kier molecular flexibility index (Phi) is 4.29. The van der Waals surface area contributed by atoms with E-state index in [-0.39, 0.29) is 11.7 Å². The van der Waals surface area contributed by atoms with E-state index in [0.717, 1.165) is 30.8 Å². The lowest BCUT2D eigenvalue weighted by atomic mass is 10.0. The third-order valence-electron chi connectivity index (χ3n) is 2.77. The van der Waals surface area contributed by atoms with Gasteiger partial charge in [-0.25, -0.2) is 0 Å². The summed E-state index contributed by atoms with van der Waals surface area (Å²) < 4.78 is 0. The van der Waals surface area contributed by atoms with Crippen molar-refractivity contribution in [3.05, 3.63) is 34.6 Å². The van der Waals surface area contributed by atoms with Crippen molar-refractivity contribution in [2.24, 2.45) is 0 Å². The second-order valence-corrected chi connectivity index (χ2v) is 4.72. The highest BCUT2D eigenvalue weighted by Crippen LogP contribution is 2.25. The number of pyridine rings is 1. The van der Waals surface area contributed by atoms with E-state index in [1.54, 1.807) is 6.07 Å². The fourth-order valence-electron chi connectivity index (χ4n) is 1.88. The first kappa shape index (κ1) is 13.7. The number of nitrogens with one attached hydrogen (secondary N) is 3. The third-order valence-corrected chi connectivity index (χ3v) is 3.06. The number of aromatic nitrogens is 1. The van der Waals surface area contributed by atoms with E-state index in [9.17, 15) is 4.79 Å². The zero-order chi connectivity index (χ0) is 13.8. The van der Waals surface area contributed by atoms with Crippen molar-refractivity contribution < 1.29 is 4.79 Å². The van der Waals surface area contributed by atoms with Gasteiger partial charge in [-0.15, -0.1) is 0 Å². The lowest BCUT2D eigenvalue weighted by Gasteiger charge is -2.15. The van der Waals surface area contributed by atoms with Crippen LogP contribution in [-0.4, -0.2) is 29.8 Å². The van der Waals surface area contributed by atoms with E-state index in [0.29, 0.717) is 10.6 Å². The number of hydrogen-bond donors (Lipinski definition) is 3. The van der Waals surface area contributed by atoms with Gasteiger partial charge < -0.3 is 10.6 Å². The Hall–Kier alpha value is -1.72. The van der Waals surface area contributed by atoms with Crippen LogP contribution in [0.15, 0.2) is 18.3 Å². The number of carbonyl (C=O) groups is 1. The van der Waals surface area contributed by atoms with Gasteiger partial charge in [0.25, 0.3) is 5.91 Å². The predicted octanol–water partition coefficient (Wildman–Crippen LogP) is 1.84. The third kappa shape index (κ3) is 3.39. The molecule has 100 valence electrons. The number of hydrogen-bond acceptors (Lipinski definition) is 4. The average Bonchev–Trinajstić information content (AvgIpc) is 2.38. The van der Waals surface area contributed by atoms with Crippen LogP contribution in [0.5, 0.6) is 0 Å². The number of nitrogens with zero attached hydrogens (tertiary/aromatic N) is 1. The van der Waals surface area contributed by atoms with E-state index in [1.165, 1.54) is 13.1 Å². The molecule has 0 radical (unpaired) electrons. The minimum atomic E-state index is -0.368. The van der Waals surface area contributed by atoms with Crippen molar-refractivity contribution in [1.82, 2.24) is 15.6 Å². The summed E-state index contributed by atoms with van der Waals surface area (Å²) in [5.41, 5.74) is 2.18. The Labute approximate surface area is 116 Å². The first-order valence-electron chi connectivity index (χ1n) is 6.00. The van der Waals surface area contributed by atoms with Crippen LogP contribution in [0, 0.1) is 5.41 Å². The van der Waals surface area contributed by atoms with Crippen molar-refractivity contribution in [2.45, 2.75) is 13.3 Å². The molecule has 0 bridgehead atoms. The second kappa shape index (κ2) is 5.95. The zero-order valence-electron chi connectivity index (χ0n) is 10.6. The Morgan fingerprint density at radius 1 is 1.58 bits per heavy atom. The summed E-state index contributed by atoms with van der Waals surface area (Å²) in [6, 6.07) is 1.59.